The van der Waals surface area contributed by atoms with E-state index in [4.69, 9.17) is 9.15 Å². The summed E-state index contributed by atoms with van der Waals surface area (Å²) in [7, 11) is 0. The normalized spacial score (nSPS) is 32.8. The molecule has 5 atom stereocenters. The van der Waals surface area contributed by atoms with Crippen molar-refractivity contribution in [3.8, 4) is 0 Å². The highest BCUT2D eigenvalue weighted by molar-refractivity contribution is 5.87. The van der Waals surface area contributed by atoms with Crippen LogP contribution in [0.1, 0.15) is 24.5 Å². The number of rotatable bonds is 4. The highest BCUT2D eigenvalue weighted by Gasteiger charge is 2.44. The van der Waals surface area contributed by atoms with Crippen LogP contribution in [-0.2, 0) is 4.74 Å². The summed E-state index contributed by atoms with van der Waals surface area (Å²) in [4.78, 5) is 10.6. The Morgan fingerprint density at radius 3 is 2.72 bits per heavy atom. The largest absolute Gasteiger partial charge is 0.458 e. The van der Waals surface area contributed by atoms with Crippen molar-refractivity contribution in [1.29, 1.82) is 0 Å². The van der Waals surface area contributed by atoms with Gasteiger partial charge >= 0.3 is 0 Å². The van der Waals surface area contributed by atoms with Gasteiger partial charge in [-0.3, -0.25) is 0 Å². The maximum absolute atomic E-state index is 10.2. The Balaban J connectivity index is 1.72. The van der Waals surface area contributed by atoms with E-state index in [9.17, 15) is 20.4 Å². The number of anilines is 1. The molecule has 4 heterocycles. The van der Waals surface area contributed by atoms with E-state index in [-0.39, 0.29) is 12.6 Å². The molecule has 0 unspecified atom stereocenters. The van der Waals surface area contributed by atoms with Gasteiger partial charge in [0, 0.05) is 12.1 Å². The number of aromatic nitrogens is 2. The first-order chi connectivity index (χ1) is 12.2. The van der Waals surface area contributed by atoms with Crippen LogP contribution in [-0.4, -0.2) is 74.5 Å². The molecule has 0 saturated carbocycles. The van der Waals surface area contributed by atoms with Crippen molar-refractivity contribution in [2.45, 2.75) is 43.3 Å². The summed E-state index contributed by atoms with van der Waals surface area (Å²) >= 11 is 0. The quantitative estimate of drug-likeness (QED) is 0.566. The zero-order valence-corrected chi connectivity index (χ0v) is 13.5. The molecule has 2 fully saturated rings. The Morgan fingerprint density at radius 1 is 1.16 bits per heavy atom. The molecule has 9 heteroatoms. The minimum atomic E-state index is -1.19. The first-order valence-corrected chi connectivity index (χ1v) is 8.37. The van der Waals surface area contributed by atoms with Gasteiger partial charge in [-0.15, -0.1) is 0 Å². The summed E-state index contributed by atoms with van der Waals surface area (Å²) in [5.41, 5.74) is 1.44. The van der Waals surface area contributed by atoms with Crippen molar-refractivity contribution < 1.29 is 29.6 Å². The van der Waals surface area contributed by atoms with Crippen LogP contribution >= 0.6 is 0 Å². The molecule has 0 amide bonds. The van der Waals surface area contributed by atoms with Crippen LogP contribution in [0.5, 0.6) is 0 Å². The van der Waals surface area contributed by atoms with Crippen molar-refractivity contribution in [2.75, 3.05) is 24.7 Å². The van der Waals surface area contributed by atoms with E-state index in [0.29, 0.717) is 22.5 Å². The first kappa shape index (κ1) is 16.7. The van der Waals surface area contributed by atoms with Gasteiger partial charge in [-0.25, -0.2) is 9.97 Å². The van der Waals surface area contributed by atoms with Gasteiger partial charge in [-0.2, -0.15) is 0 Å². The minimum absolute atomic E-state index is 0.0134. The van der Waals surface area contributed by atoms with Crippen LogP contribution in [0.4, 0.5) is 5.82 Å². The summed E-state index contributed by atoms with van der Waals surface area (Å²) in [5.74, 6) is 0.597. The number of nitrogens with zero attached hydrogens (tertiary/aromatic N) is 3. The van der Waals surface area contributed by atoms with Crippen LogP contribution in [0.2, 0.25) is 0 Å². The van der Waals surface area contributed by atoms with Crippen molar-refractivity contribution in [1.82, 2.24) is 9.97 Å². The summed E-state index contributed by atoms with van der Waals surface area (Å²) in [6, 6.07) is -0.0134. The monoisotopic (exact) mass is 351 g/mol. The molecule has 0 aliphatic carbocycles. The smallest absolute Gasteiger partial charge is 0.195 e. The second-order valence-electron chi connectivity index (χ2n) is 6.50. The Labute approximate surface area is 143 Å². The van der Waals surface area contributed by atoms with Gasteiger partial charge in [-0.1, -0.05) is 0 Å². The highest BCUT2D eigenvalue weighted by Crippen LogP contribution is 2.39. The number of ether oxygens (including phenoxy) is 1. The van der Waals surface area contributed by atoms with Crippen molar-refractivity contribution in [2.24, 2.45) is 0 Å². The average molecular weight is 351 g/mol. The van der Waals surface area contributed by atoms with E-state index in [1.54, 1.807) is 0 Å². The fourth-order valence-corrected chi connectivity index (χ4v) is 3.72. The lowest BCUT2D eigenvalue weighted by molar-refractivity contribution is -0.0226. The minimum Gasteiger partial charge on any atom is -0.458 e. The number of fused-ring (bicyclic) bond motifs is 1. The van der Waals surface area contributed by atoms with Crippen LogP contribution in [0.15, 0.2) is 17.0 Å². The summed E-state index contributed by atoms with van der Waals surface area (Å²) in [5, 5.41) is 39.0. The maximum atomic E-state index is 10.2. The molecule has 0 radical (unpaired) electrons. The lowest BCUT2D eigenvalue weighted by Crippen LogP contribution is -2.33. The van der Waals surface area contributed by atoms with Crippen LogP contribution < -0.4 is 4.90 Å². The topological polar surface area (TPSA) is 132 Å². The summed E-state index contributed by atoms with van der Waals surface area (Å²) < 4.78 is 11.2. The third-order valence-electron chi connectivity index (χ3n) is 5.07. The Bertz CT molecular complexity index is 753. The Morgan fingerprint density at radius 2 is 2.00 bits per heavy atom. The molecule has 4 rings (SSSR count). The van der Waals surface area contributed by atoms with Gasteiger partial charge in [0.25, 0.3) is 0 Å². The van der Waals surface area contributed by atoms with E-state index >= 15 is 0 Å². The molecule has 136 valence electrons. The molecule has 2 aliphatic rings. The van der Waals surface area contributed by atoms with Crippen LogP contribution in [0.3, 0.4) is 0 Å². The van der Waals surface area contributed by atoms with Crippen LogP contribution in [0.25, 0.3) is 11.1 Å². The number of hydrogen-bond donors (Lipinski definition) is 4. The number of aliphatic hydroxyl groups excluding tert-OH is 4. The lowest BCUT2D eigenvalue weighted by Gasteiger charge is -2.23. The van der Waals surface area contributed by atoms with Gasteiger partial charge in [0.05, 0.1) is 25.5 Å². The fourth-order valence-electron chi connectivity index (χ4n) is 3.72. The zero-order valence-electron chi connectivity index (χ0n) is 13.5. The SMILES string of the molecule is OC[C@H]1CCCN1c1ncnc2c([C@@H]3O[C@H](CO)[C@@H](O)[C@H]3O)coc12. The zero-order chi connectivity index (χ0) is 17.6. The number of aliphatic hydroxyl groups is 4. The fraction of sp³-hybridized carbons (Fsp3) is 0.625. The van der Waals surface area contributed by atoms with E-state index in [0.717, 1.165) is 19.4 Å². The molecule has 0 bridgehead atoms. The van der Waals surface area contributed by atoms with Gasteiger partial charge in [0.1, 0.15) is 36.3 Å². The second kappa shape index (κ2) is 6.50. The van der Waals surface area contributed by atoms with Gasteiger partial charge in [-0.05, 0) is 12.8 Å². The molecule has 0 aromatic carbocycles. The summed E-state index contributed by atoms with van der Waals surface area (Å²) in [6.07, 6.45) is 0.612. The number of hydrogen-bond acceptors (Lipinski definition) is 9. The molecule has 0 spiro atoms. The highest BCUT2D eigenvalue weighted by atomic mass is 16.6. The summed E-state index contributed by atoms with van der Waals surface area (Å²) in [6.45, 7) is 0.409. The molecule has 2 saturated heterocycles. The lowest BCUT2D eigenvalue weighted by atomic mass is 10.0. The van der Waals surface area contributed by atoms with Crippen molar-refractivity contribution in [3.63, 3.8) is 0 Å². The Kier molecular flexibility index (Phi) is 4.34. The molecule has 4 N–H and O–H groups in total. The van der Waals surface area contributed by atoms with Gasteiger partial charge < -0.3 is 34.5 Å². The second-order valence-corrected chi connectivity index (χ2v) is 6.50. The molecule has 2 aliphatic heterocycles. The van der Waals surface area contributed by atoms with Gasteiger partial charge in [0.15, 0.2) is 11.4 Å². The predicted molar refractivity (Wildman–Crippen MR) is 86.0 cm³/mol. The standard InChI is InChI=1S/C16H21N3O6/c20-4-8-2-1-3-19(8)16-15-11(17-7-18-16)9(6-24-15)14-13(23)12(22)10(5-21)25-14/h6-8,10,12-14,20-23H,1-5H2/t8-,10-,12-,13-,14+/m1/s1. The van der Waals surface area contributed by atoms with E-state index in [2.05, 4.69) is 9.97 Å². The molecule has 2 aromatic rings. The molecular formula is C16H21N3O6. The maximum Gasteiger partial charge on any atom is 0.195 e. The van der Waals surface area contributed by atoms with Crippen molar-refractivity contribution >= 4 is 16.9 Å². The molecule has 2 aromatic heterocycles. The first-order valence-electron chi connectivity index (χ1n) is 8.37. The number of furan rings is 1. The van der Waals surface area contributed by atoms with E-state index in [1.165, 1.54) is 12.6 Å². The van der Waals surface area contributed by atoms with Crippen molar-refractivity contribution in [3.05, 3.63) is 18.2 Å². The van der Waals surface area contributed by atoms with E-state index in [1.807, 2.05) is 4.90 Å². The average Bonchev–Trinajstić information content (AvgIpc) is 3.33. The predicted octanol–water partition coefficient (Wildman–Crippen LogP) is -0.662. The third-order valence-corrected chi connectivity index (χ3v) is 5.07. The third kappa shape index (κ3) is 2.59. The van der Waals surface area contributed by atoms with Crippen LogP contribution in [0, 0.1) is 0 Å². The van der Waals surface area contributed by atoms with E-state index < -0.39 is 31.0 Å². The molecular weight excluding hydrogens is 330 g/mol. The Hall–Kier alpha value is -1.78. The molecule has 9 nitrogen and oxygen atoms in total. The molecule has 25 heavy (non-hydrogen) atoms. The van der Waals surface area contributed by atoms with Gasteiger partial charge in [0.2, 0.25) is 0 Å².